The van der Waals surface area contributed by atoms with Crippen LogP contribution in [0.3, 0.4) is 0 Å². The molecule has 0 bridgehead atoms. The molecule has 0 radical (unpaired) electrons. The fourth-order valence-corrected chi connectivity index (χ4v) is 2.26. The summed E-state index contributed by atoms with van der Waals surface area (Å²) < 4.78 is 5.30. The van der Waals surface area contributed by atoms with E-state index in [1.54, 1.807) is 11.3 Å². The first-order chi connectivity index (χ1) is 6.85. The fraction of sp³-hybridized carbons (Fsp3) is 0.600. The predicted molar refractivity (Wildman–Crippen MR) is 56.4 cm³/mol. The third-order valence-electron chi connectivity index (χ3n) is 2.62. The molecule has 1 saturated heterocycles. The summed E-state index contributed by atoms with van der Waals surface area (Å²) in [6, 6.07) is 4.14. The Bertz CT molecular complexity index is 268. The van der Waals surface area contributed by atoms with Gasteiger partial charge in [0, 0.05) is 18.0 Å². The van der Waals surface area contributed by atoms with Crippen molar-refractivity contribution >= 4 is 11.3 Å². The molecule has 1 unspecified atom stereocenters. The highest BCUT2D eigenvalue weighted by atomic mass is 32.1. The van der Waals surface area contributed by atoms with Gasteiger partial charge in [0.2, 0.25) is 0 Å². The van der Waals surface area contributed by atoms with Gasteiger partial charge in [-0.2, -0.15) is 0 Å². The molecule has 0 amide bonds. The van der Waals surface area contributed by atoms with E-state index in [1.807, 2.05) is 6.07 Å². The molecule has 0 spiro atoms. The third-order valence-corrected chi connectivity index (χ3v) is 3.50. The van der Waals surface area contributed by atoms with Gasteiger partial charge in [-0.1, -0.05) is 6.07 Å². The van der Waals surface area contributed by atoms with E-state index in [9.17, 15) is 5.11 Å². The molecule has 14 heavy (non-hydrogen) atoms. The molecule has 78 valence electrons. The number of aliphatic hydroxyl groups is 1. The van der Waals surface area contributed by atoms with Gasteiger partial charge >= 0.3 is 0 Å². The highest BCUT2D eigenvalue weighted by Crippen LogP contribution is 2.19. The highest BCUT2D eigenvalue weighted by molar-refractivity contribution is 7.09. The maximum absolute atomic E-state index is 9.31. The predicted octanol–water partition coefficient (Wildman–Crippen LogP) is 0.989. The molecule has 4 heteroatoms. The maximum Gasteiger partial charge on any atom is 0.0675 e. The Hall–Kier alpha value is -0.420. The van der Waals surface area contributed by atoms with E-state index in [4.69, 9.17) is 4.74 Å². The van der Waals surface area contributed by atoms with Crippen molar-refractivity contribution in [2.24, 2.45) is 0 Å². The fourth-order valence-electron chi connectivity index (χ4n) is 1.62. The van der Waals surface area contributed by atoms with Crippen molar-refractivity contribution in [1.29, 1.82) is 0 Å². The molecule has 1 aliphatic rings. The summed E-state index contributed by atoms with van der Waals surface area (Å²) >= 11 is 1.73. The summed E-state index contributed by atoms with van der Waals surface area (Å²) in [7, 11) is 0. The smallest absolute Gasteiger partial charge is 0.0675 e. The molecule has 0 aromatic carbocycles. The van der Waals surface area contributed by atoms with Gasteiger partial charge in [0.15, 0.2) is 0 Å². The Morgan fingerprint density at radius 1 is 1.64 bits per heavy atom. The normalized spacial score (nSPS) is 26.9. The van der Waals surface area contributed by atoms with Gasteiger partial charge in [-0.3, -0.25) is 0 Å². The summed E-state index contributed by atoms with van der Waals surface area (Å²) in [6.07, 6.45) is 0.898. The second-order valence-corrected chi connectivity index (χ2v) is 4.71. The van der Waals surface area contributed by atoms with Gasteiger partial charge in [-0.05, 0) is 17.9 Å². The zero-order valence-electron chi connectivity index (χ0n) is 8.03. The first-order valence-corrected chi connectivity index (χ1v) is 5.69. The number of ether oxygens (including phenoxy) is 1. The van der Waals surface area contributed by atoms with Crippen LogP contribution in [0.25, 0.3) is 0 Å². The van der Waals surface area contributed by atoms with E-state index in [0.29, 0.717) is 6.61 Å². The largest absolute Gasteiger partial charge is 0.394 e. The molecule has 1 fully saturated rings. The van der Waals surface area contributed by atoms with Crippen LogP contribution in [0.4, 0.5) is 0 Å². The summed E-state index contributed by atoms with van der Waals surface area (Å²) in [4.78, 5) is 1.30. The summed E-state index contributed by atoms with van der Waals surface area (Å²) in [5.74, 6) is 0. The summed E-state index contributed by atoms with van der Waals surface area (Å²) in [5.41, 5.74) is -0.204. The lowest BCUT2D eigenvalue weighted by molar-refractivity contribution is 0.120. The van der Waals surface area contributed by atoms with E-state index in [-0.39, 0.29) is 12.1 Å². The Morgan fingerprint density at radius 2 is 2.57 bits per heavy atom. The Morgan fingerprint density at radius 3 is 3.14 bits per heavy atom. The standard InChI is InChI=1S/C10H15NO2S/c12-7-10(3-4-13-8-10)11-6-9-2-1-5-14-9/h1-2,5,11-12H,3-4,6-8H2. The van der Waals surface area contributed by atoms with Crippen molar-refractivity contribution in [3.8, 4) is 0 Å². The number of hydrogen-bond acceptors (Lipinski definition) is 4. The molecule has 1 aliphatic heterocycles. The zero-order valence-corrected chi connectivity index (χ0v) is 8.85. The number of thiophene rings is 1. The minimum absolute atomic E-state index is 0.151. The number of aliphatic hydroxyl groups excluding tert-OH is 1. The number of nitrogens with one attached hydrogen (secondary N) is 1. The molecule has 1 atom stereocenters. The molecule has 0 aliphatic carbocycles. The number of rotatable bonds is 4. The molecular formula is C10H15NO2S. The van der Waals surface area contributed by atoms with Crippen LogP contribution in [-0.2, 0) is 11.3 Å². The molecule has 1 aromatic rings. The monoisotopic (exact) mass is 213 g/mol. The average molecular weight is 213 g/mol. The van der Waals surface area contributed by atoms with Crippen molar-refractivity contribution in [2.45, 2.75) is 18.5 Å². The van der Waals surface area contributed by atoms with Gasteiger partial charge in [0.1, 0.15) is 0 Å². The van der Waals surface area contributed by atoms with Crippen LogP contribution in [0.15, 0.2) is 17.5 Å². The SMILES string of the molecule is OCC1(NCc2cccs2)CCOC1. The molecule has 3 nitrogen and oxygen atoms in total. The molecular weight excluding hydrogens is 198 g/mol. The van der Waals surface area contributed by atoms with Crippen molar-refractivity contribution < 1.29 is 9.84 Å². The van der Waals surface area contributed by atoms with Gasteiger partial charge < -0.3 is 15.2 Å². The highest BCUT2D eigenvalue weighted by Gasteiger charge is 2.33. The molecule has 0 saturated carbocycles. The van der Waals surface area contributed by atoms with Gasteiger partial charge in [0.25, 0.3) is 0 Å². The second-order valence-electron chi connectivity index (χ2n) is 3.67. The zero-order chi connectivity index (χ0) is 9.86. The van der Waals surface area contributed by atoms with Crippen LogP contribution < -0.4 is 5.32 Å². The van der Waals surface area contributed by atoms with Crippen LogP contribution in [0, 0.1) is 0 Å². The molecule has 2 heterocycles. The number of hydrogen-bond donors (Lipinski definition) is 2. The topological polar surface area (TPSA) is 41.5 Å². The van der Waals surface area contributed by atoms with Gasteiger partial charge in [-0.25, -0.2) is 0 Å². The van der Waals surface area contributed by atoms with Crippen molar-refractivity contribution in [3.05, 3.63) is 22.4 Å². The maximum atomic E-state index is 9.31. The van der Waals surface area contributed by atoms with Crippen LogP contribution in [0.1, 0.15) is 11.3 Å². The molecule has 2 rings (SSSR count). The first-order valence-electron chi connectivity index (χ1n) is 4.81. The van der Waals surface area contributed by atoms with E-state index in [2.05, 4.69) is 16.8 Å². The third kappa shape index (κ3) is 2.15. The van der Waals surface area contributed by atoms with Crippen LogP contribution >= 0.6 is 11.3 Å². The average Bonchev–Trinajstić information content (AvgIpc) is 2.87. The first kappa shape index (κ1) is 10.1. The van der Waals surface area contributed by atoms with E-state index in [0.717, 1.165) is 19.6 Å². The molecule has 2 N–H and O–H groups in total. The second kappa shape index (κ2) is 4.40. The van der Waals surface area contributed by atoms with Crippen LogP contribution in [-0.4, -0.2) is 30.5 Å². The minimum Gasteiger partial charge on any atom is -0.394 e. The minimum atomic E-state index is -0.204. The lowest BCUT2D eigenvalue weighted by atomic mass is 10.0. The van der Waals surface area contributed by atoms with Crippen molar-refractivity contribution in [1.82, 2.24) is 5.32 Å². The lowest BCUT2D eigenvalue weighted by Crippen LogP contribution is -2.48. The Labute approximate surface area is 87.7 Å². The van der Waals surface area contributed by atoms with Crippen molar-refractivity contribution in [3.63, 3.8) is 0 Å². The van der Waals surface area contributed by atoms with Crippen LogP contribution in [0.5, 0.6) is 0 Å². The molecule has 1 aromatic heterocycles. The summed E-state index contributed by atoms with van der Waals surface area (Å²) in [5, 5.41) is 14.8. The van der Waals surface area contributed by atoms with Gasteiger partial charge in [-0.15, -0.1) is 11.3 Å². The Kier molecular flexibility index (Phi) is 3.18. The quantitative estimate of drug-likeness (QED) is 0.783. The Balaban J connectivity index is 1.89. The van der Waals surface area contributed by atoms with E-state index in [1.165, 1.54) is 4.88 Å². The van der Waals surface area contributed by atoms with Crippen LogP contribution in [0.2, 0.25) is 0 Å². The summed E-state index contributed by atoms with van der Waals surface area (Å²) in [6.45, 7) is 2.34. The van der Waals surface area contributed by atoms with Gasteiger partial charge in [0.05, 0.1) is 18.8 Å². The van der Waals surface area contributed by atoms with E-state index < -0.39 is 0 Å². The van der Waals surface area contributed by atoms with E-state index >= 15 is 0 Å². The lowest BCUT2D eigenvalue weighted by Gasteiger charge is -2.25. The van der Waals surface area contributed by atoms with Crippen molar-refractivity contribution in [2.75, 3.05) is 19.8 Å².